The number of rotatable bonds is 14. The van der Waals surface area contributed by atoms with E-state index in [1.54, 1.807) is 28.0 Å². The van der Waals surface area contributed by atoms with Crippen LogP contribution in [-0.2, 0) is 39.0 Å². The van der Waals surface area contributed by atoms with Crippen molar-refractivity contribution in [3.63, 3.8) is 0 Å². The number of amides is 1. The number of benzene rings is 1. The van der Waals surface area contributed by atoms with Crippen molar-refractivity contribution < 1.29 is 45.3 Å². The van der Waals surface area contributed by atoms with Gasteiger partial charge in [0.1, 0.15) is 29.7 Å². The zero-order valence-electron chi connectivity index (χ0n) is 21.0. The Bertz CT molecular complexity index is 1380. The highest BCUT2D eigenvalue weighted by atomic mass is 35.5. The van der Waals surface area contributed by atoms with E-state index in [-0.39, 0.29) is 37.0 Å². The molecule has 0 aliphatic heterocycles. The fraction of sp³-hybridized carbons (Fsp3) is 0.348. The van der Waals surface area contributed by atoms with Crippen molar-refractivity contribution in [2.24, 2.45) is 0 Å². The van der Waals surface area contributed by atoms with E-state index in [1.807, 2.05) is 0 Å². The van der Waals surface area contributed by atoms with Gasteiger partial charge in [0.15, 0.2) is 0 Å². The van der Waals surface area contributed by atoms with Crippen LogP contribution in [0, 0.1) is 0 Å². The molecule has 0 bridgehead atoms. The first kappa shape index (κ1) is 30.9. The second-order valence-corrected chi connectivity index (χ2v) is 9.86. The molecule has 218 valence electrons. The van der Waals surface area contributed by atoms with Gasteiger partial charge in [0.05, 0.1) is 18.5 Å². The number of aromatic nitrogens is 3. The predicted molar refractivity (Wildman–Crippen MR) is 135 cm³/mol. The molecule has 1 aromatic carbocycles. The zero-order valence-corrected chi connectivity index (χ0v) is 22.6. The number of carbonyl (C=O) groups is 1. The number of pyridine rings is 1. The van der Waals surface area contributed by atoms with Gasteiger partial charge in [0.25, 0.3) is 0 Å². The summed E-state index contributed by atoms with van der Waals surface area (Å²) in [5.41, 5.74) is -0.865. The predicted octanol–water partition coefficient (Wildman–Crippen LogP) is 3.92. The largest absolute Gasteiger partial charge is 0.491 e. The van der Waals surface area contributed by atoms with E-state index in [4.69, 9.17) is 30.5 Å². The van der Waals surface area contributed by atoms with Crippen LogP contribution in [0.3, 0.4) is 0 Å². The molecule has 0 aliphatic carbocycles. The van der Waals surface area contributed by atoms with Crippen LogP contribution in [0.25, 0.3) is 0 Å². The Kier molecular flexibility index (Phi) is 10.9. The third kappa shape index (κ3) is 9.86. The number of nitrogens with zero attached hydrogens (tertiary/aromatic N) is 3. The number of imidazole rings is 1. The van der Waals surface area contributed by atoms with Gasteiger partial charge in [-0.25, -0.2) is 19.5 Å². The van der Waals surface area contributed by atoms with Crippen LogP contribution in [0.5, 0.6) is 17.4 Å². The summed E-state index contributed by atoms with van der Waals surface area (Å²) in [5.74, 6) is -0.0694. The summed E-state index contributed by atoms with van der Waals surface area (Å²) in [7, 11) is -2.72. The lowest BCUT2D eigenvalue weighted by Crippen LogP contribution is -2.41. The summed E-state index contributed by atoms with van der Waals surface area (Å²) in [6.07, 6.45) is -0.0484. The molecule has 3 aromatic rings. The van der Waals surface area contributed by atoms with E-state index in [0.717, 1.165) is 0 Å². The fourth-order valence-corrected chi connectivity index (χ4v) is 4.02. The van der Waals surface area contributed by atoms with E-state index in [2.05, 4.69) is 14.7 Å². The molecule has 0 radical (unpaired) electrons. The Morgan fingerprint density at radius 2 is 2.00 bits per heavy atom. The quantitative estimate of drug-likeness (QED) is 0.261. The number of hydrogen-bond donors (Lipinski definition) is 2. The van der Waals surface area contributed by atoms with Crippen molar-refractivity contribution in [2.45, 2.75) is 25.7 Å². The number of halogens is 4. The van der Waals surface area contributed by atoms with Crippen LogP contribution < -0.4 is 18.9 Å². The van der Waals surface area contributed by atoms with E-state index >= 15 is 0 Å². The molecule has 12 nitrogen and oxygen atoms in total. The standard InChI is InChI=1S/C23H25ClF3N5O7S/c1-36-9-10-37-18-4-3-16(20(12-18)39-21-19(24)11-17(13-29-21)23(25,26)27)14-38-22(33)31-40(34,35)30-5-2-7-32-8-6-28-15-32/h3-4,6,8,11-13,15,30H,2,5,7,9-10,14H2,1H3,(H,31,33). The summed E-state index contributed by atoms with van der Waals surface area (Å²) in [6.45, 7) is 0.539. The molecule has 3 rings (SSSR count). The van der Waals surface area contributed by atoms with Crippen LogP contribution in [0.4, 0.5) is 18.0 Å². The van der Waals surface area contributed by atoms with Gasteiger partial charge < -0.3 is 23.5 Å². The second-order valence-electron chi connectivity index (χ2n) is 7.95. The van der Waals surface area contributed by atoms with Crippen LogP contribution in [0.15, 0.2) is 49.2 Å². The Hall–Kier alpha value is -3.60. The topological polar surface area (TPSA) is 143 Å². The first-order valence-corrected chi connectivity index (χ1v) is 13.4. The summed E-state index contributed by atoms with van der Waals surface area (Å²) in [6, 6.07) is 4.99. The molecule has 17 heteroatoms. The summed E-state index contributed by atoms with van der Waals surface area (Å²) < 4.78 is 89.9. The van der Waals surface area contributed by atoms with Crippen molar-refractivity contribution in [1.82, 2.24) is 24.0 Å². The lowest BCUT2D eigenvalue weighted by atomic mass is 10.2. The highest BCUT2D eigenvalue weighted by molar-refractivity contribution is 7.88. The maximum Gasteiger partial charge on any atom is 0.422 e. The Morgan fingerprint density at radius 1 is 1.20 bits per heavy atom. The number of hydrogen-bond acceptors (Lipinski definition) is 9. The molecular formula is C23H25ClF3N5O7S. The molecule has 0 aliphatic rings. The Morgan fingerprint density at radius 3 is 2.67 bits per heavy atom. The van der Waals surface area contributed by atoms with Gasteiger partial charge in [0, 0.05) is 50.4 Å². The molecule has 0 atom stereocenters. The van der Waals surface area contributed by atoms with Gasteiger partial charge in [-0.3, -0.25) is 0 Å². The molecule has 0 fully saturated rings. The van der Waals surface area contributed by atoms with Crippen LogP contribution in [-0.4, -0.2) is 55.9 Å². The third-order valence-corrected chi connectivity index (χ3v) is 6.25. The summed E-state index contributed by atoms with van der Waals surface area (Å²) in [5, 5.41) is -0.421. The van der Waals surface area contributed by atoms with Crippen molar-refractivity contribution in [1.29, 1.82) is 0 Å². The molecule has 0 saturated heterocycles. The van der Waals surface area contributed by atoms with Gasteiger partial charge in [-0.05, 0) is 24.6 Å². The molecule has 1 amide bonds. The monoisotopic (exact) mass is 607 g/mol. The van der Waals surface area contributed by atoms with Crippen LogP contribution in [0.2, 0.25) is 5.02 Å². The minimum atomic E-state index is -4.66. The highest BCUT2D eigenvalue weighted by Gasteiger charge is 2.32. The molecule has 2 aromatic heterocycles. The number of methoxy groups -OCH3 is 1. The van der Waals surface area contributed by atoms with Crippen molar-refractivity contribution in [3.05, 3.63) is 65.3 Å². The number of alkyl halides is 3. The highest BCUT2D eigenvalue weighted by Crippen LogP contribution is 2.36. The molecule has 0 unspecified atom stereocenters. The van der Waals surface area contributed by atoms with Crippen molar-refractivity contribution >= 4 is 27.9 Å². The summed E-state index contributed by atoms with van der Waals surface area (Å²) >= 11 is 5.95. The maximum atomic E-state index is 13.0. The lowest BCUT2D eigenvalue weighted by Gasteiger charge is -2.15. The average Bonchev–Trinajstić information content (AvgIpc) is 3.40. The van der Waals surface area contributed by atoms with Crippen molar-refractivity contribution in [3.8, 4) is 17.4 Å². The van der Waals surface area contributed by atoms with E-state index in [1.165, 1.54) is 25.3 Å². The minimum Gasteiger partial charge on any atom is -0.491 e. The van der Waals surface area contributed by atoms with Gasteiger partial charge in [-0.1, -0.05) is 11.6 Å². The first-order valence-electron chi connectivity index (χ1n) is 11.5. The number of carbonyl (C=O) groups excluding carboxylic acids is 1. The number of aryl methyl sites for hydroxylation is 1. The lowest BCUT2D eigenvalue weighted by molar-refractivity contribution is -0.137. The SMILES string of the molecule is COCCOc1ccc(COC(=O)NS(=O)(=O)NCCCn2ccnc2)c(Oc2ncc(C(F)(F)F)cc2Cl)c1. The molecule has 40 heavy (non-hydrogen) atoms. The second kappa shape index (κ2) is 14.2. The normalized spacial score (nSPS) is 11.7. The first-order chi connectivity index (χ1) is 19.0. The van der Waals surface area contributed by atoms with E-state index in [0.29, 0.717) is 31.0 Å². The number of ether oxygens (including phenoxy) is 4. The summed E-state index contributed by atoms with van der Waals surface area (Å²) in [4.78, 5) is 19.7. The molecule has 0 saturated carbocycles. The van der Waals surface area contributed by atoms with Gasteiger partial charge in [-0.15, -0.1) is 0 Å². The molecule has 2 heterocycles. The van der Waals surface area contributed by atoms with Gasteiger partial charge >= 0.3 is 22.5 Å². The molecular weight excluding hydrogens is 583 g/mol. The fourth-order valence-electron chi connectivity index (χ4n) is 3.05. The number of nitrogens with one attached hydrogen (secondary N) is 2. The van der Waals surface area contributed by atoms with E-state index in [9.17, 15) is 26.4 Å². The Labute approximate surface area is 232 Å². The molecule has 0 spiro atoms. The van der Waals surface area contributed by atoms with Gasteiger partial charge in [0.2, 0.25) is 5.88 Å². The Balaban J connectivity index is 1.64. The maximum absolute atomic E-state index is 13.0. The van der Waals surface area contributed by atoms with Gasteiger partial charge in [-0.2, -0.15) is 26.3 Å². The van der Waals surface area contributed by atoms with E-state index < -0.39 is 39.7 Å². The third-order valence-electron chi connectivity index (χ3n) is 4.96. The minimum absolute atomic E-state index is 0.0163. The van der Waals surface area contributed by atoms with Crippen molar-refractivity contribution in [2.75, 3.05) is 26.9 Å². The average molecular weight is 608 g/mol. The van der Waals surface area contributed by atoms with Crippen LogP contribution in [0.1, 0.15) is 17.5 Å². The zero-order chi connectivity index (χ0) is 29.2. The smallest absolute Gasteiger partial charge is 0.422 e. The van der Waals surface area contributed by atoms with Crippen LogP contribution >= 0.6 is 11.6 Å². The molecule has 2 N–H and O–H groups in total.